The largest absolute Gasteiger partial charge is 0.463 e. The van der Waals surface area contributed by atoms with Crippen molar-refractivity contribution in [2.75, 3.05) is 18.5 Å². The number of aryl methyl sites for hydroxylation is 1. The third kappa shape index (κ3) is 2.24. The van der Waals surface area contributed by atoms with Crippen LogP contribution < -0.4 is 5.32 Å². The van der Waals surface area contributed by atoms with Crippen LogP contribution in [0.5, 0.6) is 0 Å². The highest BCUT2D eigenvalue weighted by Gasteiger charge is 2.12. The number of aromatic nitrogens is 2. The Morgan fingerprint density at radius 3 is 3.44 bits per heavy atom. The van der Waals surface area contributed by atoms with Crippen LogP contribution in [0.15, 0.2) is 12.3 Å². The summed E-state index contributed by atoms with van der Waals surface area (Å²) >= 11 is 0. The van der Waals surface area contributed by atoms with E-state index in [-0.39, 0.29) is 5.97 Å². The molecule has 0 fully saturated rings. The van der Waals surface area contributed by atoms with Crippen molar-refractivity contribution < 1.29 is 9.53 Å². The van der Waals surface area contributed by atoms with E-state index in [1.54, 1.807) is 19.2 Å². The van der Waals surface area contributed by atoms with Crippen molar-refractivity contribution in [2.45, 2.75) is 19.9 Å². The third-order valence-electron chi connectivity index (χ3n) is 2.39. The van der Waals surface area contributed by atoms with Gasteiger partial charge in [-0.1, -0.05) is 0 Å². The molecule has 0 atom stereocenters. The van der Waals surface area contributed by atoms with Crippen molar-refractivity contribution in [1.29, 1.82) is 0 Å². The average Bonchev–Trinajstić information content (AvgIpc) is 2.70. The van der Waals surface area contributed by atoms with E-state index in [4.69, 9.17) is 4.74 Å². The minimum atomic E-state index is -0.321. The Morgan fingerprint density at radius 1 is 1.75 bits per heavy atom. The average molecular weight is 221 g/mol. The molecule has 0 saturated heterocycles. The summed E-state index contributed by atoms with van der Waals surface area (Å²) in [5, 5.41) is 7.50. The molecule has 5 heteroatoms. The molecule has 1 aliphatic rings. The summed E-state index contributed by atoms with van der Waals surface area (Å²) in [5.41, 5.74) is 0.924. The maximum absolute atomic E-state index is 11.1. The zero-order valence-electron chi connectivity index (χ0n) is 9.27. The number of ether oxygens (including phenoxy) is 1. The van der Waals surface area contributed by atoms with Gasteiger partial charge < -0.3 is 10.1 Å². The molecule has 0 unspecified atom stereocenters. The first-order chi connectivity index (χ1) is 7.81. The van der Waals surface area contributed by atoms with Crippen molar-refractivity contribution in [3.63, 3.8) is 0 Å². The fourth-order valence-corrected chi connectivity index (χ4v) is 1.67. The number of carbonyl (C=O) groups excluding carboxylic acids is 1. The van der Waals surface area contributed by atoms with Gasteiger partial charge in [0.1, 0.15) is 5.82 Å². The van der Waals surface area contributed by atoms with Gasteiger partial charge in [-0.15, -0.1) is 0 Å². The zero-order chi connectivity index (χ0) is 11.4. The fraction of sp³-hybridized carbons (Fsp3) is 0.455. The SMILES string of the molecule is CCOC(=O)C=Cc1cnn2c1NCCC2. The Morgan fingerprint density at radius 2 is 2.62 bits per heavy atom. The molecular formula is C11H15N3O2. The van der Waals surface area contributed by atoms with Crippen LogP contribution in [0.2, 0.25) is 0 Å². The number of hydrogen-bond donors (Lipinski definition) is 1. The van der Waals surface area contributed by atoms with Gasteiger partial charge in [0, 0.05) is 24.7 Å². The van der Waals surface area contributed by atoms with Crippen LogP contribution in [0.1, 0.15) is 18.9 Å². The summed E-state index contributed by atoms with van der Waals surface area (Å²) in [7, 11) is 0. The molecule has 2 rings (SSSR count). The molecule has 0 spiro atoms. The number of carbonyl (C=O) groups is 1. The number of hydrogen-bond acceptors (Lipinski definition) is 4. The molecule has 1 aliphatic heterocycles. The second-order valence-electron chi connectivity index (χ2n) is 3.54. The van der Waals surface area contributed by atoms with Crippen molar-refractivity contribution in [1.82, 2.24) is 9.78 Å². The normalized spacial score (nSPS) is 14.6. The number of fused-ring (bicyclic) bond motifs is 1. The maximum Gasteiger partial charge on any atom is 0.330 e. The van der Waals surface area contributed by atoms with Crippen molar-refractivity contribution in [3.8, 4) is 0 Å². The summed E-state index contributed by atoms with van der Waals surface area (Å²) in [4.78, 5) is 11.1. The fourth-order valence-electron chi connectivity index (χ4n) is 1.67. The van der Waals surface area contributed by atoms with Crippen molar-refractivity contribution in [3.05, 3.63) is 17.8 Å². The Balaban J connectivity index is 2.10. The highest BCUT2D eigenvalue weighted by atomic mass is 16.5. The second kappa shape index (κ2) is 4.83. The molecule has 86 valence electrons. The lowest BCUT2D eigenvalue weighted by molar-refractivity contribution is -0.137. The summed E-state index contributed by atoms with van der Waals surface area (Å²) in [6, 6.07) is 0. The molecule has 1 N–H and O–H groups in total. The predicted molar refractivity (Wildman–Crippen MR) is 61.0 cm³/mol. The van der Waals surface area contributed by atoms with Crippen LogP contribution in [-0.2, 0) is 16.1 Å². The predicted octanol–water partition coefficient (Wildman–Crippen LogP) is 1.27. The molecular weight excluding hydrogens is 206 g/mol. The molecule has 0 bridgehead atoms. The number of esters is 1. The van der Waals surface area contributed by atoms with Crippen molar-refractivity contribution >= 4 is 17.9 Å². The number of nitrogens with one attached hydrogen (secondary N) is 1. The minimum Gasteiger partial charge on any atom is -0.463 e. The third-order valence-corrected chi connectivity index (χ3v) is 2.39. The molecule has 0 radical (unpaired) electrons. The highest BCUT2D eigenvalue weighted by Crippen LogP contribution is 2.20. The number of rotatable bonds is 3. The standard InChI is InChI=1S/C11H15N3O2/c1-2-16-10(15)5-4-9-8-13-14-7-3-6-12-11(9)14/h4-5,8,12H,2-3,6-7H2,1H3. The van der Waals surface area contributed by atoms with E-state index in [1.807, 2.05) is 4.68 Å². The van der Waals surface area contributed by atoms with Gasteiger partial charge in [-0.05, 0) is 19.4 Å². The molecule has 2 heterocycles. The lowest BCUT2D eigenvalue weighted by atomic mass is 10.2. The quantitative estimate of drug-likeness (QED) is 0.617. The Hall–Kier alpha value is -1.78. The van der Waals surface area contributed by atoms with E-state index in [9.17, 15) is 4.79 Å². The van der Waals surface area contributed by atoms with Crippen LogP contribution in [0, 0.1) is 0 Å². The first kappa shape index (κ1) is 10.7. The molecule has 16 heavy (non-hydrogen) atoms. The van der Waals surface area contributed by atoms with Crippen LogP contribution in [0.25, 0.3) is 6.08 Å². The van der Waals surface area contributed by atoms with Crippen LogP contribution >= 0.6 is 0 Å². The maximum atomic E-state index is 11.1. The van der Waals surface area contributed by atoms with Crippen LogP contribution in [0.4, 0.5) is 5.82 Å². The first-order valence-electron chi connectivity index (χ1n) is 5.45. The van der Waals surface area contributed by atoms with E-state index in [0.29, 0.717) is 6.61 Å². The summed E-state index contributed by atoms with van der Waals surface area (Å²) in [5.74, 6) is 0.657. The molecule has 0 amide bonds. The van der Waals surface area contributed by atoms with Crippen molar-refractivity contribution in [2.24, 2.45) is 0 Å². The lowest BCUT2D eigenvalue weighted by Gasteiger charge is -2.16. The smallest absolute Gasteiger partial charge is 0.330 e. The first-order valence-corrected chi connectivity index (χ1v) is 5.45. The van der Waals surface area contributed by atoms with Gasteiger partial charge >= 0.3 is 5.97 Å². The van der Waals surface area contributed by atoms with Gasteiger partial charge in [0.2, 0.25) is 0 Å². The highest BCUT2D eigenvalue weighted by molar-refractivity contribution is 5.88. The summed E-state index contributed by atoms with van der Waals surface area (Å²) in [6.07, 6.45) is 5.99. The van der Waals surface area contributed by atoms with Gasteiger partial charge in [0.15, 0.2) is 0 Å². The Kier molecular flexibility index (Phi) is 3.24. The van der Waals surface area contributed by atoms with Gasteiger partial charge in [0.25, 0.3) is 0 Å². The molecule has 5 nitrogen and oxygen atoms in total. The van der Waals surface area contributed by atoms with Gasteiger partial charge in [-0.2, -0.15) is 5.10 Å². The Labute approximate surface area is 94.1 Å². The second-order valence-corrected chi connectivity index (χ2v) is 3.54. The van der Waals surface area contributed by atoms with Gasteiger partial charge in [-0.25, -0.2) is 9.48 Å². The molecule has 0 aliphatic carbocycles. The van der Waals surface area contributed by atoms with E-state index in [0.717, 1.165) is 30.9 Å². The molecule has 1 aromatic heterocycles. The Bertz CT molecular complexity index is 409. The minimum absolute atomic E-state index is 0.321. The molecule has 0 saturated carbocycles. The van der Waals surface area contributed by atoms with E-state index >= 15 is 0 Å². The van der Waals surface area contributed by atoms with E-state index < -0.39 is 0 Å². The van der Waals surface area contributed by atoms with Gasteiger partial charge in [0.05, 0.1) is 12.8 Å². The number of nitrogens with zero attached hydrogens (tertiary/aromatic N) is 2. The van der Waals surface area contributed by atoms with E-state index in [2.05, 4.69) is 10.4 Å². The van der Waals surface area contributed by atoms with Gasteiger partial charge in [-0.3, -0.25) is 0 Å². The molecule has 0 aromatic carbocycles. The summed E-state index contributed by atoms with van der Waals surface area (Å²) < 4.78 is 6.72. The molecule has 1 aromatic rings. The summed E-state index contributed by atoms with van der Waals surface area (Å²) in [6.45, 7) is 4.06. The van der Waals surface area contributed by atoms with Crippen LogP contribution in [-0.4, -0.2) is 28.9 Å². The topological polar surface area (TPSA) is 56.1 Å². The number of anilines is 1. The van der Waals surface area contributed by atoms with E-state index in [1.165, 1.54) is 6.08 Å². The monoisotopic (exact) mass is 221 g/mol. The van der Waals surface area contributed by atoms with Crippen LogP contribution in [0.3, 0.4) is 0 Å². The zero-order valence-corrected chi connectivity index (χ0v) is 9.27. The lowest BCUT2D eigenvalue weighted by Crippen LogP contribution is -2.17.